The summed E-state index contributed by atoms with van der Waals surface area (Å²) in [5, 5.41) is 18.8. The molecule has 0 saturated carbocycles. The summed E-state index contributed by atoms with van der Waals surface area (Å²) in [7, 11) is 3.81. The van der Waals surface area contributed by atoms with Gasteiger partial charge >= 0.3 is 0 Å². The number of benzene rings is 3. The molecular formula is C56H86N8O5. The molecule has 380 valence electrons. The quantitative estimate of drug-likeness (QED) is 0.0589. The lowest BCUT2D eigenvalue weighted by Gasteiger charge is -2.27. The van der Waals surface area contributed by atoms with E-state index in [0.29, 0.717) is 38.2 Å². The average Bonchev–Trinajstić information content (AvgIpc) is 4.06. The van der Waals surface area contributed by atoms with E-state index < -0.39 is 0 Å². The first-order valence-electron chi connectivity index (χ1n) is 23.4. The van der Waals surface area contributed by atoms with E-state index in [0.717, 1.165) is 114 Å². The van der Waals surface area contributed by atoms with Crippen LogP contribution >= 0.6 is 0 Å². The van der Waals surface area contributed by atoms with Gasteiger partial charge in [-0.05, 0) is 97.8 Å². The molecule has 0 bridgehead atoms. The van der Waals surface area contributed by atoms with Gasteiger partial charge in [-0.2, -0.15) is 0 Å². The van der Waals surface area contributed by atoms with Gasteiger partial charge in [0.2, 0.25) is 11.8 Å². The zero-order valence-electron chi connectivity index (χ0n) is 44.2. The van der Waals surface area contributed by atoms with Gasteiger partial charge in [0.25, 0.3) is 0 Å². The number of amides is 2. The number of carbonyl (C=O) groups excluding carboxylic acids is 2. The molecule has 1 atom stereocenters. The first-order valence-corrected chi connectivity index (χ1v) is 23.4. The first kappa shape index (κ1) is 68.6. The molecule has 3 heterocycles. The molecule has 0 spiro atoms. The highest BCUT2D eigenvalue weighted by molar-refractivity contribution is 6.07. The lowest BCUT2D eigenvalue weighted by Crippen LogP contribution is -2.37. The molecule has 13 nitrogen and oxygen atoms in total. The zero-order chi connectivity index (χ0) is 54.1. The fourth-order valence-corrected chi connectivity index (χ4v) is 6.51. The van der Waals surface area contributed by atoms with Crippen molar-refractivity contribution in [1.82, 2.24) is 35.1 Å². The highest BCUT2D eigenvalue weighted by Gasteiger charge is 2.23. The Bertz CT molecular complexity index is 2220. The Morgan fingerprint density at radius 2 is 1.42 bits per heavy atom. The summed E-state index contributed by atoms with van der Waals surface area (Å²) in [5.41, 5.74) is 12.7. The summed E-state index contributed by atoms with van der Waals surface area (Å²) in [6.07, 6.45) is 32.1. The minimum Gasteiger partial charge on any atom is -0.488 e. The maximum absolute atomic E-state index is 12.9. The second kappa shape index (κ2) is 42.4. The van der Waals surface area contributed by atoms with Crippen LogP contribution in [0.1, 0.15) is 125 Å². The van der Waals surface area contributed by atoms with Crippen molar-refractivity contribution in [3.05, 3.63) is 90.9 Å². The SMILES string of the molecule is C#C.C#C.C#C.C=C(C)N.C=CNC.CC.CC.CCCC(=O)N(CCC)Cc1ncc(-c2ccc3c(c2)COc2cc4c(ccc5[nH]c(CN(C(=O)CCC)[C@@H](C)CC)nc54)cc2-3)[nH]1.CO.CO. The van der Waals surface area contributed by atoms with Gasteiger partial charge in [-0.15, -0.1) is 38.5 Å². The van der Waals surface area contributed by atoms with E-state index in [9.17, 15) is 9.59 Å². The largest absolute Gasteiger partial charge is 0.488 e. The fourth-order valence-electron chi connectivity index (χ4n) is 6.51. The van der Waals surface area contributed by atoms with E-state index in [1.165, 1.54) is 0 Å². The average molecular weight is 951 g/mol. The number of ether oxygens (including phenoxy) is 1. The molecule has 0 fully saturated rings. The van der Waals surface area contributed by atoms with Gasteiger partial charge in [0.05, 0.1) is 36.0 Å². The molecule has 0 radical (unpaired) electrons. The van der Waals surface area contributed by atoms with Crippen molar-refractivity contribution in [2.24, 2.45) is 5.73 Å². The number of nitrogens with two attached hydrogens (primary N) is 1. The summed E-state index contributed by atoms with van der Waals surface area (Å²) in [4.78, 5) is 45.8. The van der Waals surface area contributed by atoms with Crippen LogP contribution in [0, 0.1) is 38.5 Å². The monoisotopic (exact) mass is 951 g/mol. The number of aromatic amines is 2. The van der Waals surface area contributed by atoms with Crippen molar-refractivity contribution in [3.8, 4) is 66.7 Å². The third-order valence-electron chi connectivity index (χ3n) is 9.42. The van der Waals surface area contributed by atoms with E-state index >= 15 is 0 Å². The number of fused-ring (bicyclic) bond motifs is 6. The summed E-state index contributed by atoms with van der Waals surface area (Å²) >= 11 is 0. The van der Waals surface area contributed by atoms with E-state index in [1.807, 2.05) is 64.6 Å². The number of hydrogen-bond donors (Lipinski definition) is 6. The summed E-state index contributed by atoms with van der Waals surface area (Å²) < 4.78 is 6.35. The third-order valence-corrected chi connectivity index (χ3v) is 9.42. The normalized spacial score (nSPS) is 9.87. The maximum atomic E-state index is 12.9. The van der Waals surface area contributed by atoms with Crippen molar-refractivity contribution in [3.63, 3.8) is 0 Å². The van der Waals surface area contributed by atoms with Gasteiger partial charge in [-0.25, -0.2) is 9.97 Å². The fraction of sp³-hybridized carbons (Fsp3) is 0.429. The number of imidazole rings is 2. The van der Waals surface area contributed by atoms with Gasteiger partial charge in [0.15, 0.2) is 0 Å². The van der Waals surface area contributed by atoms with Gasteiger partial charge < -0.3 is 45.8 Å². The molecule has 2 amide bonds. The number of aliphatic hydroxyl groups is 2. The minimum atomic E-state index is 0.146. The van der Waals surface area contributed by atoms with Crippen LogP contribution in [-0.2, 0) is 29.3 Å². The van der Waals surface area contributed by atoms with Crippen LogP contribution in [0.2, 0.25) is 0 Å². The van der Waals surface area contributed by atoms with E-state index in [2.05, 4.69) is 135 Å². The number of allylic oxidation sites excluding steroid dienone is 1. The van der Waals surface area contributed by atoms with Crippen LogP contribution < -0.4 is 15.8 Å². The summed E-state index contributed by atoms with van der Waals surface area (Å²) in [6, 6.07) is 15.1. The Labute approximate surface area is 416 Å². The van der Waals surface area contributed by atoms with E-state index in [4.69, 9.17) is 25.7 Å². The Morgan fingerprint density at radius 1 is 0.855 bits per heavy atom. The second-order valence-corrected chi connectivity index (χ2v) is 14.1. The highest BCUT2D eigenvalue weighted by atomic mass is 16.5. The van der Waals surface area contributed by atoms with Gasteiger partial charge in [0, 0.05) is 57.6 Å². The van der Waals surface area contributed by atoms with Crippen LogP contribution in [-0.4, -0.2) is 85.6 Å². The predicted molar refractivity (Wildman–Crippen MR) is 294 cm³/mol. The molecular weight excluding hydrogens is 865 g/mol. The molecule has 1 aliphatic rings. The number of aromatic nitrogens is 4. The van der Waals surface area contributed by atoms with Crippen molar-refractivity contribution in [1.29, 1.82) is 0 Å². The third kappa shape index (κ3) is 22.6. The first-order chi connectivity index (χ1) is 33.5. The van der Waals surface area contributed by atoms with Crippen molar-refractivity contribution in [2.75, 3.05) is 27.8 Å². The van der Waals surface area contributed by atoms with Gasteiger partial charge in [-0.3, -0.25) is 9.59 Å². The number of aliphatic hydroxyl groups excluding tert-OH is 2. The van der Waals surface area contributed by atoms with Crippen LogP contribution in [0.5, 0.6) is 5.75 Å². The Balaban J connectivity index is -0.000000832. The van der Waals surface area contributed by atoms with Gasteiger partial charge in [-0.1, -0.05) is 86.7 Å². The number of H-pyrrole nitrogens is 2. The van der Waals surface area contributed by atoms with Crippen LogP contribution in [0.4, 0.5) is 0 Å². The lowest BCUT2D eigenvalue weighted by atomic mass is 9.92. The number of nitrogens with one attached hydrogen (secondary N) is 3. The highest BCUT2D eigenvalue weighted by Crippen LogP contribution is 2.42. The van der Waals surface area contributed by atoms with Crippen LogP contribution in [0.3, 0.4) is 0 Å². The number of hydrogen-bond acceptors (Lipinski definition) is 9. The van der Waals surface area contributed by atoms with E-state index in [-0.39, 0.29) is 17.9 Å². The Hall–Kier alpha value is -6.98. The molecule has 13 heteroatoms. The van der Waals surface area contributed by atoms with Crippen LogP contribution in [0.25, 0.3) is 44.2 Å². The van der Waals surface area contributed by atoms with E-state index in [1.54, 1.807) is 13.1 Å². The summed E-state index contributed by atoms with van der Waals surface area (Å²) in [6.45, 7) is 29.0. The van der Waals surface area contributed by atoms with Crippen molar-refractivity contribution < 1.29 is 24.5 Å². The Morgan fingerprint density at radius 3 is 1.94 bits per heavy atom. The standard InChI is InChI=1S/C38H46N6O3.2C3H7N.2C2H6.3C2H2.2CH4O/c1-6-10-36(45)43(16-8-3)21-34-39-20-32(41-34)26-12-14-28-27(17-26)23-47-33-19-29-25(18-30(28)33)13-15-31-38(29)42-35(40-31)22-44(24(5)9-4)37(46)11-7-2;1-3-4-2;1-3(2)4;7*1-2/h12-15,17-20,24H,6-11,16,21-23H2,1-5H3,(H,39,41)(H,40,42);3-4H,1H2,2H3;1,4H2,2H3;2*1-2H3;3*1-2H;2*2H,1H3/t24-;;;;;;;;;/m0........./s1. The molecule has 69 heavy (non-hydrogen) atoms. The molecule has 3 aromatic carbocycles. The maximum Gasteiger partial charge on any atom is 0.223 e. The smallest absolute Gasteiger partial charge is 0.223 e. The molecule has 0 saturated heterocycles. The van der Waals surface area contributed by atoms with Gasteiger partial charge in [0.1, 0.15) is 24.0 Å². The minimum absolute atomic E-state index is 0.146. The topological polar surface area (TPSA) is 186 Å². The second-order valence-electron chi connectivity index (χ2n) is 14.1. The number of nitrogens with zero attached hydrogens (tertiary/aromatic N) is 4. The molecule has 0 unspecified atom stereocenters. The van der Waals surface area contributed by atoms with Crippen molar-refractivity contribution in [2.45, 2.75) is 134 Å². The molecule has 7 N–H and O–H groups in total. The predicted octanol–water partition coefficient (Wildman–Crippen LogP) is 11.0. The zero-order valence-corrected chi connectivity index (χ0v) is 44.2. The molecule has 5 aromatic rings. The molecule has 1 aliphatic heterocycles. The Kier molecular flexibility index (Phi) is 42.1. The molecule has 2 aromatic heterocycles. The summed E-state index contributed by atoms with van der Waals surface area (Å²) in [5.74, 6) is 2.76. The molecule has 0 aliphatic carbocycles. The van der Waals surface area contributed by atoms with Crippen LogP contribution in [0.15, 0.2) is 73.7 Å². The lowest BCUT2D eigenvalue weighted by molar-refractivity contribution is -0.134. The number of rotatable bonds is 14. The molecule has 6 rings (SSSR count). The van der Waals surface area contributed by atoms with Crippen molar-refractivity contribution >= 4 is 33.6 Å². The number of carbonyl (C=O) groups is 2. The number of terminal acetylenes is 3.